The minimum atomic E-state index is -4.42. The molecule has 0 unspecified atom stereocenters. The van der Waals surface area contributed by atoms with E-state index < -0.39 is 15.3 Å². The molecule has 0 radical (unpaired) electrons. The Morgan fingerprint density at radius 1 is 1.12 bits per heavy atom. The van der Waals surface area contributed by atoms with Crippen molar-refractivity contribution in [1.29, 1.82) is 0 Å². The number of fused-ring (bicyclic) bond motifs is 1. The lowest BCUT2D eigenvalue weighted by atomic mass is 10.3. The third-order valence-electron chi connectivity index (χ3n) is 3.48. The third-order valence-corrected chi connectivity index (χ3v) is 4.25. The van der Waals surface area contributed by atoms with E-state index in [0.29, 0.717) is 22.5 Å². The van der Waals surface area contributed by atoms with E-state index in [9.17, 15) is 13.0 Å². The summed E-state index contributed by atoms with van der Waals surface area (Å²) in [5, 5.41) is -0.391. The van der Waals surface area contributed by atoms with Crippen LogP contribution in [-0.4, -0.2) is 36.2 Å². The molecule has 1 heterocycles. The van der Waals surface area contributed by atoms with Crippen LogP contribution in [0.1, 0.15) is 0 Å². The van der Waals surface area contributed by atoms with Crippen molar-refractivity contribution >= 4 is 21.2 Å². The fourth-order valence-corrected chi connectivity index (χ4v) is 3.09. The second kappa shape index (κ2) is 6.50. The molecular weight excluding hydrogens is 332 g/mol. The Hall–Kier alpha value is -2.58. The van der Waals surface area contributed by atoms with Gasteiger partial charge >= 0.3 is 10.1 Å². The number of hydrogen-bond donors (Lipinski definition) is 1. The van der Waals surface area contributed by atoms with Gasteiger partial charge in [-0.05, 0) is 24.3 Å². The van der Waals surface area contributed by atoms with Crippen LogP contribution in [0.15, 0.2) is 53.7 Å². The Morgan fingerprint density at radius 2 is 1.88 bits per heavy atom. The zero-order valence-electron chi connectivity index (χ0n) is 12.9. The highest BCUT2D eigenvalue weighted by Crippen LogP contribution is 2.21. The van der Waals surface area contributed by atoms with Crippen molar-refractivity contribution in [2.45, 2.75) is 11.7 Å². The molecule has 0 saturated carbocycles. The minimum absolute atomic E-state index is 0.204. The highest BCUT2D eigenvalue weighted by atomic mass is 32.2. The number of hydrogen-bond acceptors (Lipinski definition) is 5. The third kappa shape index (κ3) is 3.34. The van der Waals surface area contributed by atoms with Gasteiger partial charge in [-0.1, -0.05) is 18.2 Å². The van der Waals surface area contributed by atoms with Crippen LogP contribution >= 0.6 is 0 Å². The van der Waals surface area contributed by atoms with Crippen molar-refractivity contribution in [3.63, 3.8) is 0 Å². The van der Waals surface area contributed by atoms with Gasteiger partial charge in [0.1, 0.15) is 18.1 Å². The molecule has 2 aromatic carbocycles. The average Bonchev–Trinajstić information content (AvgIpc) is 2.94. The second-order valence-electron chi connectivity index (χ2n) is 5.04. The van der Waals surface area contributed by atoms with E-state index in [-0.39, 0.29) is 13.2 Å². The number of methoxy groups -OCH3 is 1. The van der Waals surface area contributed by atoms with Crippen LogP contribution in [0.3, 0.4) is 0 Å². The highest BCUT2D eigenvalue weighted by molar-refractivity contribution is 7.85. The van der Waals surface area contributed by atoms with Crippen molar-refractivity contribution in [3.05, 3.63) is 48.5 Å². The summed E-state index contributed by atoms with van der Waals surface area (Å²) in [7, 11) is -2.86. The number of benzene rings is 2. The summed E-state index contributed by atoms with van der Waals surface area (Å²) in [5.74, 6) is 1.27. The molecule has 0 fully saturated rings. The maximum Gasteiger partial charge on any atom is 0.328 e. The molecule has 0 atom stereocenters. The number of ether oxygens (including phenoxy) is 2. The van der Waals surface area contributed by atoms with Crippen LogP contribution in [-0.2, 0) is 16.7 Å². The van der Waals surface area contributed by atoms with Gasteiger partial charge in [0.05, 0.1) is 24.7 Å². The monoisotopic (exact) mass is 348 g/mol. The van der Waals surface area contributed by atoms with Crippen molar-refractivity contribution in [3.8, 4) is 11.5 Å². The number of aromatic nitrogens is 2. The lowest BCUT2D eigenvalue weighted by Gasteiger charge is -2.10. The molecule has 0 amide bonds. The van der Waals surface area contributed by atoms with Gasteiger partial charge in [0.2, 0.25) is 0 Å². The van der Waals surface area contributed by atoms with Crippen LogP contribution in [0.5, 0.6) is 11.5 Å². The summed E-state index contributed by atoms with van der Waals surface area (Å²) in [6, 6.07) is 14.0. The largest absolute Gasteiger partial charge is 0.497 e. The minimum Gasteiger partial charge on any atom is -0.497 e. The van der Waals surface area contributed by atoms with E-state index >= 15 is 0 Å². The molecule has 0 saturated heterocycles. The van der Waals surface area contributed by atoms with Gasteiger partial charge in [-0.3, -0.25) is 4.55 Å². The van der Waals surface area contributed by atoms with E-state index in [2.05, 4.69) is 4.98 Å². The van der Waals surface area contributed by atoms with E-state index in [1.54, 1.807) is 55.6 Å². The predicted octanol–water partition coefficient (Wildman–Crippen LogP) is 2.37. The molecule has 7 nitrogen and oxygen atoms in total. The maximum atomic E-state index is 11.6. The highest BCUT2D eigenvalue weighted by Gasteiger charge is 2.21. The Kier molecular flexibility index (Phi) is 4.41. The Morgan fingerprint density at radius 3 is 2.62 bits per heavy atom. The predicted molar refractivity (Wildman–Crippen MR) is 88.0 cm³/mol. The van der Waals surface area contributed by atoms with Crippen LogP contribution in [0.4, 0.5) is 0 Å². The lowest BCUT2D eigenvalue weighted by Crippen LogP contribution is -2.14. The number of para-hydroxylation sites is 2. The van der Waals surface area contributed by atoms with Gasteiger partial charge in [-0.25, -0.2) is 4.98 Å². The van der Waals surface area contributed by atoms with Gasteiger partial charge < -0.3 is 14.0 Å². The molecule has 3 aromatic rings. The molecule has 0 aliphatic carbocycles. The molecular formula is C16H16N2O5S. The fourth-order valence-electron chi connectivity index (χ4n) is 2.41. The first-order chi connectivity index (χ1) is 11.5. The second-order valence-corrected chi connectivity index (χ2v) is 6.35. The van der Waals surface area contributed by atoms with Crippen molar-refractivity contribution in [1.82, 2.24) is 9.55 Å². The van der Waals surface area contributed by atoms with E-state index in [0.717, 1.165) is 0 Å². The van der Waals surface area contributed by atoms with Crippen LogP contribution in [0.2, 0.25) is 0 Å². The van der Waals surface area contributed by atoms with Gasteiger partial charge in [-0.2, -0.15) is 8.42 Å². The molecule has 8 heteroatoms. The molecule has 0 spiro atoms. The first-order valence-electron chi connectivity index (χ1n) is 7.18. The molecule has 0 bridgehead atoms. The fraction of sp³-hybridized carbons (Fsp3) is 0.188. The molecule has 1 aromatic heterocycles. The number of nitrogens with zero attached hydrogens (tertiary/aromatic N) is 2. The first kappa shape index (κ1) is 16.3. The van der Waals surface area contributed by atoms with Gasteiger partial charge in [0.25, 0.3) is 5.16 Å². The van der Waals surface area contributed by atoms with Crippen LogP contribution in [0.25, 0.3) is 11.0 Å². The zero-order valence-corrected chi connectivity index (χ0v) is 13.7. The molecule has 126 valence electrons. The molecule has 0 aliphatic rings. The number of imidazole rings is 1. The van der Waals surface area contributed by atoms with Gasteiger partial charge in [0, 0.05) is 6.07 Å². The first-order valence-corrected chi connectivity index (χ1v) is 8.62. The molecule has 0 aliphatic heterocycles. The lowest BCUT2D eigenvalue weighted by molar-refractivity contribution is 0.292. The summed E-state index contributed by atoms with van der Waals surface area (Å²) in [5.41, 5.74) is 1.10. The van der Waals surface area contributed by atoms with Crippen molar-refractivity contribution in [2.24, 2.45) is 0 Å². The normalized spacial score (nSPS) is 11.6. The Labute approximate surface area is 139 Å². The van der Waals surface area contributed by atoms with E-state index in [1.807, 2.05) is 0 Å². The Bertz CT molecular complexity index is 966. The smallest absolute Gasteiger partial charge is 0.328 e. The molecule has 24 heavy (non-hydrogen) atoms. The summed E-state index contributed by atoms with van der Waals surface area (Å²) in [6.07, 6.45) is 0. The zero-order chi connectivity index (χ0) is 17.2. The van der Waals surface area contributed by atoms with Crippen molar-refractivity contribution in [2.75, 3.05) is 13.7 Å². The maximum absolute atomic E-state index is 11.6. The van der Waals surface area contributed by atoms with Gasteiger partial charge in [-0.15, -0.1) is 0 Å². The summed E-state index contributed by atoms with van der Waals surface area (Å²) in [4.78, 5) is 3.99. The van der Waals surface area contributed by atoms with Crippen molar-refractivity contribution < 1.29 is 22.4 Å². The Balaban J connectivity index is 1.84. The van der Waals surface area contributed by atoms with E-state index in [1.165, 1.54) is 4.57 Å². The standard InChI is InChI=1S/C16H16N2O5S/c1-22-12-5-4-6-13(11-12)23-10-9-18-15-8-3-2-7-14(15)17-16(18)24(19,20)21/h2-8,11H,9-10H2,1H3,(H,19,20,21). The summed E-state index contributed by atoms with van der Waals surface area (Å²) in [6.45, 7) is 0.420. The summed E-state index contributed by atoms with van der Waals surface area (Å²) < 4.78 is 44.7. The van der Waals surface area contributed by atoms with E-state index in [4.69, 9.17) is 9.47 Å². The molecule has 3 rings (SSSR count). The SMILES string of the molecule is COc1cccc(OCCn2c(S(=O)(=O)O)nc3ccccc32)c1. The van der Waals surface area contributed by atoms with Crippen LogP contribution < -0.4 is 9.47 Å². The summed E-state index contributed by atoms with van der Waals surface area (Å²) >= 11 is 0. The quantitative estimate of drug-likeness (QED) is 0.688. The van der Waals surface area contributed by atoms with Gasteiger partial charge in [0.15, 0.2) is 0 Å². The molecule has 1 N–H and O–H groups in total. The number of rotatable bonds is 6. The van der Waals surface area contributed by atoms with Crippen LogP contribution in [0, 0.1) is 0 Å². The topological polar surface area (TPSA) is 90.7 Å². The average molecular weight is 348 g/mol.